The molecule has 1 spiro atoms. The van der Waals surface area contributed by atoms with Gasteiger partial charge in [-0.15, -0.1) is 0 Å². The topological polar surface area (TPSA) is 79.4 Å². The molecule has 0 saturated carbocycles. The van der Waals surface area contributed by atoms with E-state index < -0.39 is 27.1 Å². The van der Waals surface area contributed by atoms with Gasteiger partial charge in [0, 0.05) is 11.0 Å². The molecule has 2 aromatic carbocycles. The van der Waals surface area contributed by atoms with Crippen LogP contribution in [-0.4, -0.2) is 36.9 Å². The number of aromatic nitrogens is 1. The molecular formula is C26H24ClF2N3O3S2. The molecular weight excluding hydrogens is 540 g/mol. The van der Waals surface area contributed by atoms with E-state index in [2.05, 4.69) is 10.3 Å². The zero-order valence-corrected chi connectivity index (χ0v) is 22.3. The van der Waals surface area contributed by atoms with Crippen LogP contribution in [0.2, 0.25) is 5.02 Å². The summed E-state index contributed by atoms with van der Waals surface area (Å²) in [6, 6.07) is 10.6. The number of hydrogen-bond acceptors (Lipinski definition) is 5. The maximum Gasteiger partial charge on any atom is 0.264 e. The second kappa shape index (κ2) is 9.89. The van der Waals surface area contributed by atoms with Gasteiger partial charge in [-0.1, -0.05) is 11.6 Å². The molecule has 194 valence electrons. The number of anilines is 1. The predicted octanol–water partition coefficient (Wildman–Crippen LogP) is 5.31. The van der Waals surface area contributed by atoms with E-state index in [4.69, 9.17) is 11.6 Å². The Bertz CT molecular complexity index is 1460. The van der Waals surface area contributed by atoms with Gasteiger partial charge >= 0.3 is 0 Å². The van der Waals surface area contributed by atoms with Crippen LogP contribution in [0.3, 0.4) is 0 Å². The number of sulfonamides is 1. The first-order chi connectivity index (χ1) is 17.6. The highest BCUT2D eigenvalue weighted by Gasteiger charge is 2.53. The Morgan fingerprint density at radius 2 is 1.84 bits per heavy atom. The van der Waals surface area contributed by atoms with Crippen molar-refractivity contribution in [2.45, 2.75) is 42.7 Å². The van der Waals surface area contributed by atoms with Crippen LogP contribution < -0.4 is 9.62 Å². The van der Waals surface area contributed by atoms with Crippen molar-refractivity contribution in [2.24, 2.45) is 0 Å². The van der Waals surface area contributed by atoms with Crippen molar-refractivity contribution in [3.8, 4) is 0 Å². The molecule has 2 aliphatic rings. The summed E-state index contributed by atoms with van der Waals surface area (Å²) < 4.78 is 55.7. The van der Waals surface area contributed by atoms with Gasteiger partial charge in [0.15, 0.2) is 0 Å². The van der Waals surface area contributed by atoms with Gasteiger partial charge in [0.05, 0.1) is 40.1 Å². The SMILES string of the molecule is CC1N(S(=O)(=O)c2ccc(F)cc2)c2ccc(C(=O)NCc3ncc(F)cc3Cl)cc2C12CCSCC2. The third kappa shape index (κ3) is 4.59. The van der Waals surface area contributed by atoms with Gasteiger partial charge in [-0.3, -0.25) is 14.1 Å². The minimum atomic E-state index is -3.98. The molecule has 3 aromatic rings. The quantitative estimate of drug-likeness (QED) is 0.455. The lowest BCUT2D eigenvalue weighted by Gasteiger charge is -2.39. The highest BCUT2D eigenvalue weighted by atomic mass is 35.5. The van der Waals surface area contributed by atoms with E-state index in [1.807, 2.05) is 18.7 Å². The van der Waals surface area contributed by atoms with Crippen LogP contribution in [0.15, 0.2) is 59.6 Å². The fraction of sp³-hybridized carbons (Fsp3) is 0.308. The highest BCUT2D eigenvalue weighted by Crippen LogP contribution is 2.54. The molecule has 6 nitrogen and oxygen atoms in total. The molecule has 1 unspecified atom stereocenters. The smallest absolute Gasteiger partial charge is 0.264 e. The number of hydrogen-bond donors (Lipinski definition) is 1. The Kier molecular flexibility index (Phi) is 6.93. The minimum absolute atomic E-state index is 0.0122. The van der Waals surface area contributed by atoms with Gasteiger partial charge < -0.3 is 5.32 Å². The Balaban J connectivity index is 1.51. The number of rotatable bonds is 5. The zero-order valence-electron chi connectivity index (χ0n) is 19.9. The fourth-order valence-corrected chi connectivity index (χ4v) is 8.43. The van der Waals surface area contributed by atoms with E-state index in [1.54, 1.807) is 18.2 Å². The van der Waals surface area contributed by atoms with E-state index in [9.17, 15) is 22.0 Å². The van der Waals surface area contributed by atoms with E-state index >= 15 is 0 Å². The van der Waals surface area contributed by atoms with E-state index in [1.165, 1.54) is 16.4 Å². The molecule has 5 rings (SSSR count). The summed E-state index contributed by atoms with van der Waals surface area (Å²) in [5.41, 5.74) is 1.61. The summed E-state index contributed by atoms with van der Waals surface area (Å²) in [6.07, 6.45) is 2.56. The van der Waals surface area contributed by atoms with Crippen LogP contribution in [0.1, 0.15) is 41.4 Å². The number of benzene rings is 2. The van der Waals surface area contributed by atoms with Crippen molar-refractivity contribution >= 4 is 45.0 Å². The maximum absolute atomic E-state index is 13.8. The second-order valence-corrected chi connectivity index (χ2v) is 12.6. The molecule has 0 bridgehead atoms. The Morgan fingerprint density at radius 1 is 1.14 bits per heavy atom. The molecule has 0 radical (unpaired) electrons. The first-order valence-corrected chi connectivity index (χ1v) is 14.7. The second-order valence-electron chi connectivity index (χ2n) is 9.20. The third-order valence-corrected chi connectivity index (χ3v) is 10.5. The summed E-state index contributed by atoms with van der Waals surface area (Å²) >= 11 is 7.85. The molecule has 1 fully saturated rings. The highest BCUT2D eigenvalue weighted by molar-refractivity contribution is 7.99. The lowest BCUT2D eigenvalue weighted by molar-refractivity contribution is 0.0950. The number of carbonyl (C=O) groups excluding carboxylic acids is 1. The monoisotopic (exact) mass is 563 g/mol. The molecule has 1 aromatic heterocycles. The van der Waals surface area contributed by atoms with Crippen LogP contribution in [0.4, 0.5) is 14.5 Å². The molecule has 0 aliphatic carbocycles. The number of amides is 1. The summed E-state index contributed by atoms with van der Waals surface area (Å²) in [5, 5.41) is 2.88. The van der Waals surface area contributed by atoms with Gasteiger partial charge in [-0.25, -0.2) is 17.2 Å². The number of fused-ring (bicyclic) bond motifs is 2. The summed E-state index contributed by atoms with van der Waals surface area (Å²) in [7, 11) is -3.98. The van der Waals surface area contributed by atoms with Crippen LogP contribution in [-0.2, 0) is 22.0 Å². The summed E-state index contributed by atoms with van der Waals surface area (Å²) in [5.74, 6) is 0.294. The van der Waals surface area contributed by atoms with Crippen molar-refractivity contribution < 1.29 is 22.0 Å². The number of carbonyl (C=O) groups is 1. The van der Waals surface area contributed by atoms with Crippen LogP contribution in [0, 0.1) is 11.6 Å². The van der Waals surface area contributed by atoms with Gasteiger partial charge in [-0.05, 0) is 85.4 Å². The first-order valence-electron chi connectivity index (χ1n) is 11.7. The molecule has 1 N–H and O–H groups in total. The van der Waals surface area contributed by atoms with E-state index in [-0.39, 0.29) is 28.4 Å². The number of nitrogens with one attached hydrogen (secondary N) is 1. The molecule has 37 heavy (non-hydrogen) atoms. The molecule has 3 heterocycles. The average Bonchev–Trinajstić information content (AvgIpc) is 3.11. The maximum atomic E-state index is 13.8. The van der Waals surface area contributed by atoms with Gasteiger partial charge in [0.25, 0.3) is 15.9 Å². The van der Waals surface area contributed by atoms with Crippen LogP contribution in [0.5, 0.6) is 0 Å². The number of thioether (sulfide) groups is 1. The molecule has 11 heteroatoms. The van der Waals surface area contributed by atoms with Crippen molar-refractivity contribution in [3.05, 3.63) is 88.2 Å². The normalized spacial score (nSPS) is 18.6. The fourth-order valence-electron chi connectivity index (χ4n) is 5.25. The van der Waals surface area contributed by atoms with Crippen molar-refractivity contribution in [3.63, 3.8) is 0 Å². The summed E-state index contributed by atoms with van der Waals surface area (Å²) in [4.78, 5) is 17.0. The van der Waals surface area contributed by atoms with Gasteiger partial charge in [-0.2, -0.15) is 11.8 Å². The van der Waals surface area contributed by atoms with Crippen molar-refractivity contribution in [1.82, 2.24) is 10.3 Å². The largest absolute Gasteiger partial charge is 0.346 e. The summed E-state index contributed by atoms with van der Waals surface area (Å²) in [6.45, 7) is 1.91. The lowest BCUT2D eigenvalue weighted by atomic mass is 9.72. The Labute approximate surface area is 223 Å². The first kappa shape index (κ1) is 25.9. The number of pyridine rings is 1. The Morgan fingerprint density at radius 3 is 2.51 bits per heavy atom. The van der Waals surface area contributed by atoms with E-state index in [0.29, 0.717) is 16.9 Å². The Hall–Kier alpha value is -2.69. The average molecular weight is 564 g/mol. The molecule has 1 saturated heterocycles. The van der Waals surface area contributed by atoms with E-state index in [0.717, 1.165) is 54.3 Å². The minimum Gasteiger partial charge on any atom is -0.346 e. The van der Waals surface area contributed by atoms with Crippen molar-refractivity contribution in [1.29, 1.82) is 0 Å². The number of halogens is 3. The van der Waals surface area contributed by atoms with Gasteiger partial charge in [0.2, 0.25) is 0 Å². The standard InChI is InChI=1S/C26H24ClF2N3O3S2/c1-16-26(8-10-36-11-9-26)21-12-17(25(33)31-15-23-22(27)13-19(29)14-30-23)2-7-24(21)32(16)37(34,35)20-5-3-18(28)4-6-20/h2-7,12-14,16H,8-11,15H2,1H3,(H,31,33). The predicted molar refractivity (Wildman–Crippen MR) is 141 cm³/mol. The third-order valence-electron chi connectivity index (χ3n) is 7.24. The van der Waals surface area contributed by atoms with Crippen LogP contribution >= 0.6 is 23.4 Å². The molecule has 1 amide bonds. The number of nitrogens with zero attached hydrogens (tertiary/aromatic N) is 2. The zero-order chi connectivity index (χ0) is 26.4. The molecule has 1 atom stereocenters. The van der Waals surface area contributed by atoms with Crippen molar-refractivity contribution in [2.75, 3.05) is 15.8 Å². The molecule has 2 aliphatic heterocycles. The lowest BCUT2D eigenvalue weighted by Crippen LogP contribution is -2.47. The van der Waals surface area contributed by atoms with Crippen LogP contribution in [0.25, 0.3) is 0 Å². The van der Waals surface area contributed by atoms with Gasteiger partial charge in [0.1, 0.15) is 11.6 Å².